The molecule has 2 amide bonds. The standard InChI is InChI=1S/C25H29N5O2/c1-29(17-20-6-3-2-4-7-20)25(32)22-16-27-28-24(22)21-8-5-15-30(18-21)23(31)10-9-19-11-13-26-14-12-19/h2-4,6-7,11-14,16,21H,5,8-10,15,17-18H2,1H3,(H,27,28). The topological polar surface area (TPSA) is 82.2 Å². The summed E-state index contributed by atoms with van der Waals surface area (Å²) in [6, 6.07) is 13.8. The van der Waals surface area contributed by atoms with Crippen molar-refractivity contribution in [2.45, 2.75) is 38.1 Å². The number of nitrogens with one attached hydrogen (secondary N) is 1. The molecule has 1 unspecified atom stereocenters. The maximum atomic E-state index is 13.1. The normalized spacial score (nSPS) is 16.0. The van der Waals surface area contributed by atoms with Gasteiger partial charge in [0.25, 0.3) is 5.91 Å². The molecule has 0 bridgehead atoms. The molecule has 0 saturated carbocycles. The van der Waals surface area contributed by atoms with Gasteiger partial charge < -0.3 is 9.80 Å². The van der Waals surface area contributed by atoms with Crippen molar-refractivity contribution in [2.24, 2.45) is 0 Å². The Labute approximate surface area is 188 Å². The van der Waals surface area contributed by atoms with Crippen molar-refractivity contribution in [3.8, 4) is 0 Å². The van der Waals surface area contributed by atoms with Crippen LogP contribution >= 0.6 is 0 Å². The molecule has 7 heteroatoms. The van der Waals surface area contributed by atoms with Crippen LogP contribution in [0.1, 0.15) is 52.4 Å². The lowest BCUT2D eigenvalue weighted by Gasteiger charge is -2.33. The molecule has 4 rings (SSSR count). The second-order valence-electron chi connectivity index (χ2n) is 8.38. The molecule has 1 saturated heterocycles. The van der Waals surface area contributed by atoms with Crippen molar-refractivity contribution in [3.63, 3.8) is 0 Å². The number of amides is 2. The van der Waals surface area contributed by atoms with Crippen molar-refractivity contribution in [1.29, 1.82) is 0 Å². The summed E-state index contributed by atoms with van der Waals surface area (Å²) >= 11 is 0. The molecule has 1 aromatic carbocycles. The fraction of sp³-hybridized carbons (Fsp3) is 0.360. The zero-order valence-electron chi connectivity index (χ0n) is 18.4. The highest BCUT2D eigenvalue weighted by atomic mass is 16.2. The number of carbonyl (C=O) groups is 2. The number of aromatic nitrogens is 3. The van der Waals surface area contributed by atoms with Gasteiger partial charge in [-0.15, -0.1) is 0 Å². The summed E-state index contributed by atoms with van der Waals surface area (Å²) in [5.41, 5.74) is 3.63. The van der Waals surface area contributed by atoms with Crippen LogP contribution in [-0.4, -0.2) is 56.9 Å². The zero-order valence-corrected chi connectivity index (χ0v) is 18.4. The average molecular weight is 432 g/mol. The molecule has 1 atom stereocenters. The van der Waals surface area contributed by atoms with Crippen LogP contribution in [0.4, 0.5) is 0 Å². The van der Waals surface area contributed by atoms with E-state index in [1.807, 2.05) is 54.4 Å². The lowest BCUT2D eigenvalue weighted by atomic mass is 9.92. The fourth-order valence-corrected chi connectivity index (χ4v) is 4.31. The highest BCUT2D eigenvalue weighted by Gasteiger charge is 2.29. The Bertz CT molecular complexity index is 1030. The molecule has 32 heavy (non-hydrogen) atoms. The van der Waals surface area contributed by atoms with E-state index in [0.29, 0.717) is 31.5 Å². The van der Waals surface area contributed by atoms with Gasteiger partial charge in [0.2, 0.25) is 5.91 Å². The van der Waals surface area contributed by atoms with E-state index in [9.17, 15) is 9.59 Å². The number of nitrogens with zero attached hydrogens (tertiary/aromatic N) is 4. The molecule has 3 aromatic rings. The van der Waals surface area contributed by atoms with Crippen molar-refractivity contribution < 1.29 is 9.59 Å². The van der Waals surface area contributed by atoms with Gasteiger partial charge in [-0.25, -0.2) is 0 Å². The summed E-state index contributed by atoms with van der Waals surface area (Å²) in [5.74, 6) is 0.180. The van der Waals surface area contributed by atoms with E-state index in [1.165, 1.54) is 0 Å². The Kier molecular flexibility index (Phi) is 6.94. The van der Waals surface area contributed by atoms with E-state index in [4.69, 9.17) is 0 Å². The number of pyridine rings is 1. The van der Waals surface area contributed by atoms with E-state index in [2.05, 4.69) is 15.2 Å². The first-order valence-electron chi connectivity index (χ1n) is 11.1. The number of aromatic amines is 1. The Morgan fingerprint density at radius 3 is 2.69 bits per heavy atom. The molecule has 0 spiro atoms. The summed E-state index contributed by atoms with van der Waals surface area (Å²) in [4.78, 5) is 33.6. The minimum absolute atomic E-state index is 0.0567. The van der Waals surface area contributed by atoms with E-state index in [1.54, 1.807) is 23.5 Å². The first kappa shape index (κ1) is 21.7. The second kappa shape index (κ2) is 10.2. The number of hydrogen-bond acceptors (Lipinski definition) is 4. The van der Waals surface area contributed by atoms with E-state index >= 15 is 0 Å². The van der Waals surface area contributed by atoms with Gasteiger partial charge in [0.05, 0.1) is 17.5 Å². The molecule has 1 aliphatic rings. The third-order valence-electron chi connectivity index (χ3n) is 6.07. The lowest BCUT2D eigenvalue weighted by Crippen LogP contribution is -2.39. The molecule has 2 aromatic heterocycles. The monoisotopic (exact) mass is 431 g/mol. The third-order valence-corrected chi connectivity index (χ3v) is 6.07. The van der Waals surface area contributed by atoms with Gasteiger partial charge >= 0.3 is 0 Å². The van der Waals surface area contributed by atoms with Gasteiger partial charge in [-0.2, -0.15) is 5.10 Å². The largest absolute Gasteiger partial charge is 0.342 e. The van der Waals surface area contributed by atoms with Crippen molar-refractivity contribution >= 4 is 11.8 Å². The number of benzene rings is 1. The molecule has 3 heterocycles. The van der Waals surface area contributed by atoms with Crippen LogP contribution in [0.3, 0.4) is 0 Å². The predicted molar refractivity (Wildman–Crippen MR) is 122 cm³/mol. The minimum atomic E-state index is -0.0567. The van der Waals surface area contributed by atoms with Crippen LogP contribution in [0.15, 0.2) is 61.1 Å². The summed E-state index contributed by atoms with van der Waals surface area (Å²) in [6.07, 6.45) is 8.15. The number of piperidine rings is 1. The number of carbonyl (C=O) groups excluding carboxylic acids is 2. The Balaban J connectivity index is 1.39. The molecule has 0 aliphatic carbocycles. The average Bonchev–Trinajstić information content (AvgIpc) is 3.33. The van der Waals surface area contributed by atoms with Crippen LogP contribution in [-0.2, 0) is 17.8 Å². The van der Waals surface area contributed by atoms with Crippen LogP contribution < -0.4 is 0 Å². The van der Waals surface area contributed by atoms with Crippen molar-refractivity contribution in [2.75, 3.05) is 20.1 Å². The first-order chi connectivity index (χ1) is 15.6. The number of H-pyrrole nitrogens is 1. The number of likely N-dealkylation sites (tertiary alicyclic amines) is 1. The van der Waals surface area contributed by atoms with E-state index < -0.39 is 0 Å². The lowest BCUT2D eigenvalue weighted by molar-refractivity contribution is -0.132. The van der Waals surface area contributed by atoms with Gasteiger partial charge in [-0.1, -0.05) is 30.3 Å². The Morgan fingerprint density at radius 2 is 1.91 bits per heavy atom. The van der Waals surface area contributed by atoms with E-state index in [0.717, 1.165) is 36.2 Å². The maximum absolute atomic E-state index is 13.1. The molecule has 0 radical (unpaired) electrons. The molecular formula is C25H29N5O2. The number of hydrogen-bond donors (Lipinski definition) is 1. The summed E-state index contributed by atoms with van der Waals surface area (Å²) in [5, 5.41) is 7.22. The quantitative estimate of drug-likeness (QED) is 0.621. The van der Waals surface area contributed by atoms with Crippen LogP contribution in [0.25, 0.3) is 0 Å². The van der Waals surface area contributed by atoms with Crippen LogP contribution in [0, 0.1) is 0 Å². The molecule has 166 valence electrons. The zero-order chi connectivity index (χ0) is 22.3. The minimum Gasteiger partial charge on any atom is -0.342 e. The summed E-state index contributed by atoms with van der Waals surface area (Å²) < 4.78 is 0. The van der Waals surface area contributed by atoms with Gasteiger partial charge in [0.1, 0.15) is 0 Å². The van der Waals surface area contributed by atoms with Gasteiger partial charge in [-0.05, 0) is 42.5 Å². The van der Waals surface area contributed by atoms with Crippen LogP contribution in [0.2, 0.25) is 0 Å². The molecule has 1 fully saturated rings. The summed E-state index contributed by atoms with van der Waals surface area (Å²) in [6.45, 7) is 1.91. The molecule has 7 nitrogen and oxygen atoms in total. The van der Waals surface area contributed by atoms with Crippen LogP contribution in [0.5, 0.6) is 0 Å². The maximum Gasteiger partial charge on any atom is 0.257 e. The summed E-state index contributed by atoms with van der Waals surface area (Å²) in [7, 11) is 1.81. The van der Waals surface area contributed by atoms with Gasteiger partial charge in [0, 0.05) is 51.4 Å². The van der Waals surface area contributed by atoms with Crippen molar-refractivity contribution in [1.82, 2.24) is 25.0 Å². The SMILES string of the molecule is CN(Cc1ccccc1)C(=O)c1cn[nH]c1C1CCCN(C(=O)CCc2ccncc2)C1. The number of aryl methyl sites for hydroxylation is 1. The van der Waals surface area contributed by atoms with Gasteiger partial charge in [-0.3, -0.25) is 19.7 Å². The smallest absolute Gasteiger partial charge is 0.257 e. The number of rotatable bonds is 7. The fourth-order valence-electron chi connectivity index (χ4n) is 4.31. The highest BCUT2D eigenvalue weighted by Crippen LogP contribution is 2.29. The van der Waals surface area contributed by atoms with Crippen molar-refractivity contribution in [3.05, 3.63) is 83.4 Å². The Hall–Kier alpha value is -3.48. The highest BCUT2D eigenvalue weighted by molar-refractivity contribution is 5.95. The third kappa shape index (κ3) is 5.22. The molecule has 1 N–H and O–H groups in total. The van der Waals surface area contributed by atoms with E-state index in [-0.39, 0.29) is 17.7 Å². The molecule has 1 aliphatic heterocycles. The molecular weight excluding hydrogens is 402 g/mol. The van der Waals surface area contributed by atoms with Gasteiger partial charge in [0.15, 0.2) is 0 Å². The second-order valence-corrected chi connectivity index (χ2v) is 8.38. The predicted octanol–water partition coefficient (Wildman–Crippen LogP) is 3.42. The first-order valence-corrected chi connectivity index (χ1v) is 11.1. The Morgan fingerprint density at radius 1 is 1.12 bits per heavy atom.